The second-order valence-electron chi connectivity index (χ2n) is 11.0. The molecule has 0 bridgehead atoms. The molecule has 41 heavy (non-hydrogen) atoms. The number of rotatable bonds is 11. The maximum Gasteiger partial charge on any atom is 0.238 e. The molecule has 5 rings (SSSR count). The van der Waals surface area contributed by atoms with Crippen LogP contribution >= 0.6 is 15.9 Å². The molecule has 2 fully saturated rings. The zero-order valence-corrected chi connectivity index (χ0v) is 25.6. The minimum atomic E-state index is -0.0177. The van der Waals surface area contributed by atoms with Crippen LogP contribution in [0.3, 0.4) is 0 Å². The molecule has 2 N–H and O–H groups in total. The van der Waals surface area contributed by atoms with Gasteiger partial charge in [0.25, 0.3) is 0 Å². The predicted molar refractivity (Wildman–Crippen MR) is 168 cm³/mol. The van der Waals surface area contributed by atoms with Crippen LogP contribution in [0.25, 0.3) is 0 Å². The first-order valence-electron chi connectivity index (χ1n) is 14.3. The summed E-state index contributed by atoms with van der Waals surface area (Å²) >= 11 is 3.57. The molecule has 0 aliphatic carbocycles. The van der Waals surface area contributed by atoms with Gasteiger partial charge in [0, 0.05) is 36.8 Å². The van der Waals surface area contributed by atoms with Crippen LogP contribution in [0.1, 0.15) is 36.1 Å². The summed E-state index contributed by atoms with van der Waals surface area (Å²) in [6.07, 6.45) is 3.03. The molecule has 1 amide bonds. The topological polar surface area (TPSA) is 85.0 Å². The number of carbonyl (C=O) groups excluding carboxylic acids is 1. The summed E-state index contributed by atoms with van der Waals surface area (Å²) in [5.41, 5.74) is 5.89. The third-order valence-electron chi connectivity index (χ3n) is 7.55. The maximum atomic E-state index is 13.0. The van der Waals surface area contributed by atoms with E-state index in [1.54, 1.807) is 0 Å². The Morgan fingerprint density at radius 3 is 2.68 bits per heavy atom. The van der Waals surface area contributed by atoms with Gasteiger partial charge in [0.2, 0.25) is 11.8 Å². The number of pyridine rings is 1. The van der Waals surface area contributed by atoms with E-state index in [2.05, 4.69) is 63.4 Å². The van der Waals surface area contributed by atoms with Crippen molar-refractivity contribution in [2.24, 2.45) is 0 Å². The fourth-order valence-corrected chi connectivity index (χ4v) is 5.74. The number of aryl methyl sites for hydroxylation is 2. The van der Waals surface area contributed by atoms with Crippen LogP contribution in [0.5, 0.6) is 11.6 Å². The Hall–Kier alpha value is -3.08. The lowest BCUT2D eigenvalue weighted by Gasteiger charge is -2.31. The second-order valence-corrected chi connectivity index (χ2v) is 11.9. The molecular weight excluding hydrogens is 583 g/mol. The normalized spacial score (nSPS) is 17.5. The highest BCUT2D eigenvalue weighted by atomic mass is 79.9. The van der Waals surface area contributed by atoms with E-state index in [0.29, 0.717) is 19.0 Å². The number of hydrogen-bond acceptors (Lipinski definition) is 7. The number of piperidine rings is 1. The largest absolute Gasteiger partial charge is 0.488 e. The van der Waals surface area contributed by atoms with Crippen LogP contribution in [0, 0.1) is 13.8 Å². The van der Waals surface area contributed by atoms with Gasteiger partial charge in [-0.3, -0.25) is 9.69 Å². The zero-order valence-electron chi connectivity index (χ0n) is 24.0. The standard InChI is InChI=1S/C31H38BBrN4O4/c1-20-6-7-28(26(32)14-20)40-19-23-4-3-5-30(35-23)41-24-8-11-37(12-9-24)18-29(38)36-31-21(2)15-22(33)16-27(31)34-17-25-10-13-39-25/h3-7,14-16,24-25,34H,8-13,17-19,32H2,1-2H3,(H,36,38)/t25-/m0/s1. The number of likely N-dealkylation sites (tertiary alicyclic amines) is 1. The Morgan fingerprint density at radius 1 is 1.15 bits per heavy atom. The Kier molecular flexibility index (Phi) is 9.85. The molecule has 2 saturated heterocycles. The van der Waals surface area contributed by atoms with Crippen LogP contribution in [0.2, 0.25) is 0 Å². The van der Waals surface area contributed by atoms with E-state index >= 15 is 0 Å². The van der Waals surface area contributed by atoms with Crippen molar-refractivity contribution in [3.63, 3.8) is 0 Å². The number of aromatic nitrogens is 1. The SMILES string of the molecule is Bc1cc(C)ccc1OCc1cccc(OC2CCN(CC(=O)Nc3c(C)cc(Br)cc3NC[C@@H]3CCO3)CC2)n1. The third-order valence-corrected chi connectivity index (χ3v) is 8.01. The van der Waals surface area contributed by atoms with Gasteiger partial charge in [-0.25, -0.2) is 4.98 Å². The fraction of sp³-hybridized carbons (Fsp3) is 0.419. The third kappa shape index (κ3) is 8.24. The van der Waals surface area contributed by atoms with Gasteiger partial charge in [-0.2, -0.15) is 0 Å². The number of halogens is 1. The van der Waals surface area contributed by atoms with Crippen LogP contribution in [0.15, 0.2) is 53.0 Å². The van der Waals surface area contributed by atoms with Gasteiger partial charge in [-0.1, -0.05) is 39.7 Å². The Morgan fingerprint density at radius 2 is 1.95 bits per heavy atom. The fourth-order valence-electron chi connectivity index (χ4n) is 5.17. The molecule has 3 heterocycles. The molecular formula is C31H38BBrN4O4. The smallest absolute Gasteiger partial charge is 0.238 e. The molecule has 2 aliphatic rings. The molecule has 8 nitrogen and oxygen atoms in total. The lowest BCUT2D eigenvalue weighted by molar-refractivity contribution is -0.117. The van der Waals surface area contributed by atoms with Gasteiger partial charge < -0.3 is 24.8 Å². The minimum absolute atomic E-state index is 0.0177. The van der Waals surface area contributed by atoms with Gasteiger partial charge in [-0.05, 0) is 68.4 Å². The van der Waals surface area contributed by atoms with E-state index < -0.39 is 0 Å². The molecule has 3 aromatic rings. The van der Waals surface area contributed by atoms with Gasteiger partial charge in [0.15, 0.2) is 0 Å². The maximum absolute atomic E-state index is 13.0. The van der Waals surface area contributed by atoms with E-state index in [9.17, 15) is 4.79 Å². The van der Waals surface area contributed by atoms with Crippen molar-refractivity contribution >= 4 is 46.5 Å². The van der Waals surface area contributed by atoms with E-state index in [1.807, 2.05) is 43.3 Å². The first-order valence-corrected chi connectivity index (χ1v) is 15.1. The number of carbonyl (C=O) groups is 1. The Balaban J connectivity index is 1.08. The number of ether oxygens (including phenoxy) is 3. The summed E-state index contributed by atoms with van der Waals surface area (Å²) in [5, 5.41) is 6.59. The van der Waals surface area contributed by atoms with E-state index in [4.69, 9.17) is 14.2 Å². The highest BCUT2D eigenvalue weighted by Gasteiger charge is 2.24. The minimum Gasteiger partial charge on any atom is -0.488 e. The number of amides is 1. The van der Waals surface area contributed by atoms with Gasteiger partial charge in [0.05, 0.1) is 29.7 Å². The first kappa shape index (κ1) is 29.4. The highest BCUT2D eigenvalue weighted by Crippen LogP contribution is 2.31. The summed E-state index contributed by atoms with van der Waals surface area (Å²) in [6.45, 7) is 7.94. The van der Waals surface area contributed by atoms with E-state index in [0.717, 1.165) is 83.8 Å². The van der Waals surface area contributed by atoms with Crippen molar-refractivity contribution in [3.8, 4) is 11.6 Å². The van der Waals surface area contributed by atoms with Crippen LogP contribution in [-0.4, -0.2) is 68.6 Å². The molecule has 0 spiro atoms. The molecule has 216 valence electrons. The summed E-state index contributed by atoms with van der Waals surface area (Å²) < 4.78 is 18.7. The highest BCUT2D eigenvalue weighted by molar-refractivity contribution is 9.10. The van der Waals surface area contributed by atoms with Crippen LogP contribution < -0.4 is 25.6 Å². The molecule has 1 atom stereocenters. The average Bonchev–Trinajstić information content (AvgIpc) is 2.90. The number of nitrogens with one attached hydrogen (secondary N) is 2. The number of anilines is 2. The van der Waals surface area contributed by atoms with Crippen LogP contribution in [-0.2, 0) is 16.1 Å². The van der Waals surface area contributed by atoms with E-state index in [-0.39, 0.29) is 18.1 Å². The lowest BCUT2D eigenvalue weighted by Crippen LogP contribution is -2.42. The number of nitrogens with zero attached hydrogens (tertiary/aromatic N) is 2. The molecule has 0 unspecified atom stereocenters. The molecule has 0 saturated carbocycles. The molecule has 2 aliphatic heterocycles. The Bertz CT molecular complexity index is 1360. The van der Waals surface area contributed by atoms with Crippen molar-refractivity contribution < 1.29 is 19.0 Å². The first-order chi connectivity index (χ1) is 19.8. The summed E-state index contributed by atoms with van der Waals surface area (Å²) in [4.78, 5) is 19.9. The van der Waals surface area contributed by atoms with Crippen molar-refractivity contribution in [3.05, 3.63) is 69.8 Å². The summed E-state index contributed by atoms with van der Waals surface area (Å²) in [5.74, 6) is 1.46. The Labute approximate surface area is 251 Å². The van der Waals surface area contributed by atoms with Crippen LogP contribution in [0.4, 0.5) is 11.4 Å². The summed E-state index contributed by atoms with van der Waals surface area (Å²) in [7, 11) is 2.05. The zero-order chi connectivity index (χ0) is 28.8. The second kappa shape index (κ2) is 13.7. The molecule has 10 heteroatoms. The monoisotopic (exact) mass is 620 g/mol. The quantitative estimate of drug-likeness (QED) is 0.314. The lowest BCUT2D eigenvalue weighted by atomic mass is 9.93. The van der Waals surface area contributed by atoms with Crippen molar-refractivity contribution in [1.29, 1.82) is 0 Å². The summed E-state index contributed by atoms with van der Waals surface area (Å²) in [6, 6.07) is 16.0. The molecule has 1 aromatic heterocycles. The molecule has 2 aromatic carbocycles. The van der Waals surface area contributed by atoms with Gasteiger partial charge in [-0.15, -0.1) is 0 Å². The average molecular weight is 621 g/mol. The number of hydrogen-bond donors (Lipinski definition) is 2. The molecule has 0 radical (unpaired) electrons. The van der Waals surface area contributed by atoms with Crippen molar-refractivity contribution in [2.75, 3.05) is 43.4 Å². The van der Waals surface area contributed by atoms with Crippen molar-refractivity contribution in [2.45, 2.75) is 51.9 Å². The van der Waals surface area contributed by atoms with Gasteiger partial charge in [0.1, 0.15) is 26.3 Å². The van der Waals surface area contributed by atoms with Gasteiger partial charge >= 0.3 is 0 Å². The predicted octanol–water partition coefficient (Wildman–Crippen LogP) is 3.98. The number of benzene rings is 2. The van der Waals surface area contributed by atoms with Crippen molar-refractivity contribution in [1.82, 2.24) is 9.88 Å². The van der Waals surface area contributed by atoms with E-state index in [1.165, 1.54) is 5.56 Å².